The van der Waals surface area contributed by atoms with Gasteiger partial charge in [-0.05, 0) is 67.4 Å². The maximum Gasteiger partial charge on any atom is 0.274 e. The number of anilines is 2. The summed E-state index contributed by atoms with van der Waals surface area (Å²) < 4.78 is 5.39. The van der Waals surface area contributed by atoms with Crippen LogP contribution >= 0.6 is 0 Å². The number of benzene rings is 2. The van der Waals surface area contributed by atoms with Crippen LogP contribution in [-0.4, -0.2) is 23.4 Å². The quantitative estimate of drug-likeness (QED) is 0.621. The van der Waals surface area contributed by atoms with Gasteiger partial charge in [-0.2, -0.15) is 0 Å². The van der Waals surface area contributed by atoms with Crippen molar-refractivity contribution in [3.8, 4) is 5.75 Å². The van der Waals surface area contributed by atoms with Crippen LogP contribution in [0.15, 0.2) is 66.9 Å². The Hall–Kier alpha value is -3.67. The molecular formula is C23H23N3O3. The Labute approximate surface area is 169 Å². The normalized spacial score (nSPS) is 10.3. The molecule has 0 aliphatic heterocycles. The van der Waals surface area contributed by atoms with E-state index in [-0.39, 0.29) is 17.5 Å². The van der Waals surface area contributed by atoms with Gasteiger partial charge in [0.2, 0.25) is 0 Å². The van der Waals surface area contributed by atoms with Gasteiger partial charge in [-0.3, -0.25) is 14.6 Å². The summed E-state index contributed by atoms with van der Waals surface area (Å²) in [5.41, 5.74) is 3.02. The molecule has 1 heterocycles. The lowest BCUT2D eigenvalue weighted by Crippen LogP contribution is -2.17. The summed E-state index contributed by atoms with van der Waals surface area (Å²) >= 11 is 0. The van der Waals surface area contributed by atoms with Crippen LogP contribution in [0.3, 0.4) is 0 Å². The number of aryl methyl sites for hydroxylation is 1. The summed E-state index contributed by atoms with van der Waals surface area (Å²) in [5.74, 6) is 0.0446. The van der Waals surface area contributed by atoms with Crippen LogP contribution < -0.4 is 15.4 Å². The van der Waals surface area contributed by atoms with E-state index in [2.05, 4.69) is 22.5 Å². The maximum absolute atomic E-state index is 12.5. The molecular weight excluding hydrogens is 366 g/mol. The first-order valence-corrected chi connectivity index (χ1v) is 9.49. The fraction of sp³-hybridized carbons (Fsp3) is 0.174. The van der Waals surface area contributed by atoms with Crippen molar-refractivity contribution in [2.45, 2.75) is 20.3 Å². The van der Waals surface area contributed by atoms with Crippen molar-refractivity contribution in [3.63, 3.8) is 0 Å². The summed E-state index contributed by atoms with van der Waals surface area (Å²) in [5, 5.41) is 5.60. The van der Waals surface area contributed by atoms with Gasteiger partial charge in [0.1, 0.15) is 11.4 Å². The van der Waals surface area contributed by atoms with Gasteiger partial charge in [-0.1, -0.05) is 19.1 Å². The zero-order valence-electron chi connectivity index (χ0n) is 16.4. The number of carbonyl (C=O) groups excluding carboxylic acids is 2. The molecule has 0 spiro atoms. The molecule has 2 N–H and O–H groups in total. The number of pyridine rings is 1. The second kappa shape index (κ2) is 9.50. The fourth-order valence-electron chi connectivity index (χ4n) is 2.72. The van der Waals surface area contributed by atoms with Crippen molar-refractivity contribution in [1.82, 2.24) is 4.98 Å². The van der Waals surface area contributed by atoms with Gasteiger partial charge < -0.3 is 15.4 Å². The molecule has 0 unspecified atom stereocenters. The molecule has 3 rings (SSSR count). The van der Waals surface area contributed by atoms with Crippen LogP contribution in [0.25, 0.3) is 0 Å². The van der Waals surface area contributed by atoms with E-state index in [1.807, 2.05) is 31.2 Å². The first kappa shape index (κ1) is 20.1. The number of hydrogen-bond acceptors (Lipinski definition) is 4. The molecule has 6 heteroatoms. The summed E-state index contributed by atoms with van der Waals surface area (Å²) in [4.78, 5) is 29.1. The minimum absolute atomic E-state index is 0.170. The number of amides is 2. The zero-order chi connectivity index (χ0) is 20.6. The van der Waals surface area contributed by atoms with Crippen LogP contribution in [0.1, 0.15) is 40.3 Å². The molecule has 0 saturated carbocycles. The van der Waals surface area contributed by atoms with Gasteiger partial charge in [0.05, 0.1) is 6.61 Å². The van der Waals surface area contributed by atoms with E-state index in [0.29, 0.717) is 23.5 Å². The van der Waals surface area contributed by atoms with Crippen molar-refractivity contribution in [2.75, 3.05) is 17.2 Å². The average molecular weight is 389 g/mol. The van der Waals surface area contributed by atoms with Crippen LogP contribution in [0.2, 0.25) is 0 Å². The fourth-order valence-corrected chi connectivity index (χ4v) is 2.72. The smallest absolute Gasteiger partial charge is 0.274 e. The first-order chi connectivity index (χ1) is 14.1. The summed E-state index contributed by atoms with van der Waals surface area (Å²) in [6, 6.07) is 17.8. The largest absolute Gasteiger partial charge is 0.494 e. The van der Waals surface area contributed by atoms with Gasteiger partial charge in [0.15, 0.2) is 0 Å². The second-order valence-corrected chi connectivity index (χ2v) is 6.35. The predicted molar refractivity (Wildman–Crippen MR) is 114 cm³/mol. The van der Waals surface area contributed by atoms with Gasteiger partial charge in [-0.15, -0.1) is 0 Å². The molecule has 6 nitrogen and oxygen atoms in total. The van der Waals surface area contributed by atoms with E-state index in [0.717, 1.165) is 12.2 Å². The van der Waals surface area contributed by atoms with Gasteiger partial charge in [0, 0.05) is 23.1 Å². The third-order valence-corrected chi connectivity index (χ3v) is 4.30. The Bertz CT molecular complexity index is 983. The third-order valence-electron chi connectivity index (χ3n) is 4.30. The van der Waals surface area contributed by atoms with Crippen molar-refractivity contribution < 1.29 is 14.3 Å². The summed E-state index contributed by atoms with van der Waals surface area (Å²) in [7, 11) is 0. The zero-order valence-corrected chi connectivity index (χ0v) is 16.4. The molecule has 29 heavy (non-hydrogen) atoms. The highest BCUT2D eigenvalue weighted by Crippen LogP contribution is 2.17. The van der Waals surface area contributed by atoms with E-state index in [1.165, 1.54) is 17.8 Å². The molecule has 0 bridgehead atoms. The Balaban J connectivity index is 1.67. The van der Waals surface area contributed by atoms with Gasteiger partial charge in [-0.25, -0.2) is 0 Å². The van der Waals surface area contributed by atoms with Gasteiger partial charge >= 0.3 is 0 Å². The highest BCUT2D eigenvalue weighted by molar-refractivity contribution is 6.07. The molecule has 1 aromatic heterocycles. The Morgan fingerprint density at radius 1 is 0.862 bits per heavy atom. The lowest BCUT2D eigenvalue weighted by molar-refractivity contribution is 0.102. The van der Waals surface area contributed by atoms with Crippen molar-refractivity contribution in [1.29, 1.82) is 0 Å². The average Bonchev–Trinajstić information content (AvgIpc) is 2.76. The van der Waals surface area contributed by atoms with Crippen LogP contribution in [0, 0.1) is 0 Å². The molecule has 0 atom stereocenters. The Morgan fingerprint density at radius 2 is 1.48 bits per heavy atom. The number of hydrogen-bond donors (Lipinski definition) is 2. The number of rotatable bonds is 7. The summed E-state index contributed by atoms with van der Waals surface area (Å²) in [6.45, 7) is 4.56. The standard InChI is InChI=1S/C23H23N3O3/c1-3-16-5-7-18(8-6-16)26-23(28)21-15-17(13-14-24-21)22(27)25-19-9-11-20(12-10-19)29-4-2/h5-15H,3-4H2,1-2H3,(H,25,27)(H,26,28). The van der Waals surface area contributed by atoms with Gasteiger partial charge in [0.25, 0.3) is 11.8 Å². The molecule has 3 aromatic rings. The van der Waals surface area contributed by atoms with Crippen molar-refractivity contribution in [2.24, 2.45) is 0 Å². The molecule has 0 aliphatic rings. The molecule has 0 radical (unpaired) electrons. The predicted octanol–water partition coefficient (Wildman–Crippen LogP) is 4.55. The van der Waals surface area contributed by atoms with Crippen LogP contribution in [-0.2, 0) is 6.42 Å². The van der Waals surface area contributed by atoms with Crippen LogP contribution in [0.4, 0.5) is 11.4 Å². The van der Waals surface area contributed by atoms with E-state index >= 15 is 0 Å². The number of ether oxygens (including phenoxy) is 1. The Kier molecular flexibility index (Phi) is 6.58. The topological polar surface area (TPSA) is 80.3 Å². The number of aromatic nitrogens is 1. The van der Waals surface area contributed by atoms with Crippen LogP contribution in [0.5, 0.6) is 5.75 Å². The number of nitrogens with zero attached hydrogens (tertiary/aromatic N) is 1. The SMILES string of the molecule is CCOc1ccc(NC(=O)c2ccnc(C(=O)Nc3ccc(CC)cc3)c2)cc1. The minimum Gasteiger partial charge on any atom is -0.494 e. The first-order valence-electron chi connectivity index (χ1n) is 9.49. The number of carbonyl (C=O) groups is 2. The highest BCUT2D eigenvalue weighted by Gasteiger charge is 2.12. The lowest BCUT2D eigenvalue weighted by Gasteiger charge is -2.09. The molecule has 0 saturated heterocycles. The monoisotopic (exact) mass is 389 g/mol. The van der Waals surface area contributed by atoms with Crippen molar-refractivity contribution in [3.05, 3.63) is 83.7 Å². The third kappa shape index (κ3) is 5.42. The lowest BCUT2D eigenvalue weighted by atomic mass is 10.1. The molecule has 0 fully saturated rings. The summed E-state index contributed by atoms with van der Waals surface area (Å²) in [6.07, 6.45) is 2.38. The minimum atomic E-state index is -0.370. The Morgan fingerprint density at radius 3 is 2.10 bits per heavy atom. The molecule has 2 amide bonds. The van der Waals surface area contributed by atoms with Crippen molar-refractivity contribution >= 4 is 23.2 Å². The number of nitrogens with one attached hydrogen (secondary N) is 2. The van der Waals surface area contributed by atoms with E-state index in [4.69, 9.17) is 4.74 Å². The molecule has 148 valence electrons. The maximum atomic E-state index is 12.5. The van der Waals surface area contributed by atoms with E-state index in [9.17, 15) is 9.59 Å². The highest BCUT2D eigenvalue weighted by atomic mass is 16.5. The second-order valence-electron chi connectivity index (χ2n) is 6.35. The van der Waals surface area contributed by atoms with E-state index in [1.54, 1.807) is 30.3 Å². The van der Waals surface area contributed by atoms with E-state index < -0.39 is 0 Å². The molecule has 2 aromatic carbocycles. The molecule has 0 aliphatic carbocycles.